The smallest absolute Gasteiger partial charge is 0.169 e. The van der Waals surface area contributed by atoms with Crippen LogP contribution in [0, 0.1) is 11.6 Å². The Morgan fingerprint density at radius 2 is 1.83 bits per heavy atom. The molecular weight excluding hydrogens is 458 g/mol. The van der Waals surface area contributed by atoms with Crippen LogP contribution in [0.5, 0.6) is 0 Å². The molecule has 7 nitrogen and oxygen atoms in total. The van der Waals surface area contributed by atoms with E-state index in [1.807, 2.05) is 12.1 Å². The van der Waals surface area contributed by atoms with Gasteiger partial charge in [0.2, 0.25) is 0 Å². The fourth-order valence-electron chi connectivity index (χ4n) is 2.94. The number of pyridine rings is 1. The summed E-state index contributed by atoms with van der Waals surface area (Å²) in [4.78, 5) is 12.8. The molecule has 4 heterocycles. The van der Waals surface area contributed by atoms with Gasteiger partial charge in [-0.25, -0.2) is 18.7 Å². The second-order valence-electron chi connectivity index (χ2n) is 6.43. The van der Waals surface area contributed by atoms with Gasteiger partial charge in [-0.15, -0.1) is 0 Å². The highest BCUT2D eigenvalue weighted by Gasteiger charge is 2.18. The molecular formula is C20H11BrF2N6O. The molecule has 0 radical (unpaired) electrons. The van der Waals surface area contributed by atoms with Gasteiger partial charge < -0.3 is 4.52 Å². The lowest BCUT2D eigenvalue weighted by Gasteiger charge is -2.03. The molecule has 0 atom stereocenters. The summed E-state index contributed by atoms with van der Waals surface area (Å²) in [6.07, 6.45) is 4.85. The zero-order valence-electron chi connectivity index (χ0n) is 15.1. The normalized spacial score (nSPS) is 11.3. The lowest BCUT2D eigenvalue weighted by molar-refractivity contribution is 0.372. The maximum Gasteiger partial charge on any atom is 0.169 e. The van der Waals surface area contributed by atoms with E-state index >= 15 is 0 Å². The molecule has 0 fully saturated rings. The molecule has 2 aliphatic rings. The molecule has 0 saturated heterocycles. The van der Waals surface area contributed by atoms with Crippen LogP contribution in [0.3, 0.4) is 0 Å². The molecule has 0 unspecified atom stereocenters. The predicted molar refractivity (Wildman–Crippen MR) is 106 cm³/mol. The molecule has 5 rings (SSSR count). The van der Waals surface area contributed by atoms with E-state index in [0.29, 0.717) is 35.1 Å². The van der Waals surface area contributed by atoms with Crippen LogP contribution in [0.4, 0.5) is 8.78 Å². The summed E-state index contributed by atoms with van der Waals surface area (Å²) in [5.74, 6) is -1.26. The second-order valence-corrected chi connectivity index (χ2v) is 7.35. The number of halogens is 3. The van der Waals surface area contributed by atoms with Crippen LogP contribution in [-0.4, -0.2) is 29.9 Å². The minimum atomic E-state index is -0.982. The van der Waals surface area contributed by atoms with E-state index in [9.17, 15) is 8.78 Å². The highest BCUT2D eigenvalue weighted by atomic mass is 79.9. The van der Waals surface area contributed by atoms with Crippen LogP contribution in [0.25, 0.3) is 34.2 Å². The van der Waals surface area contributed by atoms with Crippen LogP contribution in [0.1, 0.15) is 5.76 Å². The van der Waals surface area contributed by atoms with Crippen LogP contribution in [-0.2, 0) is 6.54 Å². The van der Waals surface area contributed by atoms with Crippen molar-refractivity contribution in [2.45, 2.75) is 6.54 Å². The van der Waals surface area contributed by atoms with Crippen LogP contribution >= 0.6 is 15.9 Å². The minimum Gasteiger partial charge on any atom is -0.359 e. The highest BCUT2D eigenvalue weighted by Crippen LogP contribution is 2.27. The molecule has 0 saturated carbocycles. The minimum absolute atomic E-state index is 0.000348. The molecule has 2 aliphatic heterocycles. The molecule has 0 spiro atoms. The van der Waals surface area contributed by atoms with E-state index in [4.69, 9.17) is 4.52 Å². The van der Waals surface area contributed by atoms with Gasteiger partial charge in [0.15, 0.2) is 23.2 Å². The van der Waals surface area contributed by atoms with E-state index in [1.54, 1.807) is 23.1 Å². The molecule has 0 amide bonds. The molecule has 10 heteroatoms. The zero-order valence-corrected chi connectivity index (χ0v) is 16.7. The summed E-state index contributed by atoms with van der Waals surface area (Å²) in [6, 6.07) is 9.37. The van der Waals surface area contributed by atoms with E-state index in [2.05, 4.69) is 41.1 Å². The van der Waals surface area contributed by atoms with Crippen molar-refractivity contribution < 1.29 is 13.3 Å². The monoisotopic (exact) mass is 468 g/mol. The van der Waals surface area contributed by atoms with Gasteiger partial charge in [-0.1, -0.05) is 11.2 Å². The third-order valence-corrected chi connectivity index (χ3v) is 4.84. The van der Waals surface area contributed by atoms with Crippen molar-refractivity contribution in [1.82, 2.24) is 29.9 Å². The van der Waals surface area contributed by atoms with Gasteiger partial charge in [0.05, 0.1) is 23.7 Å². The molecule has 2 aromatic heterocycles. The molecule has 148 valence electrons. The van der Waals surface area contributed by atoms with Gasteiger partial charge in [-0.05, 0) is 40.2 Å². The fourth-order valence-corrected chi connectivity index (χ4v) is 3.17. The molecule has 0 N–H and O–H groups in total. The van der Waals surface area contributed by atoms with Crippen LogP contribution < -0.4 is 0 Å². The van der Waals surface area contributed by atoms with E-state index in [-0.39, 0.29) is 11.4 Å². The average Bonchev–Trinajstić information content (AvgIpc) is 3.37. The number of hydrogen-bond acceptors (Lipinski definition) is 6. The molecule has 1 aromatic carbocycles. The van der Waals surface area contributed by atoms with Crippen molar-refractivity contribution in [2.24, 2.45) is 0 Å². The standard InChI is InChI=1S/C20H11BrF2N6O/c21-11-4-5-15(24-7-11)16-6-12(30-28-16)9-29-10-18-17(8-25-29)26-20(27-18)13-2-1-3-14(22)19(13)23/h1-8,10H,9H2. The summed E-state index contributed by atoms with van der Waals surface area (Å²) in [7, 11) is 0. The summed E-state index contributed by atoms with van der Waals surface area (Å²) >= 11 is 3.34. The van der Waals surface area contributed by atoms with Gasteiger partial charge in [-0.2, -0.15) is 5.10 Å². The van der Waals surface area contributed by atoms with Gasteiger partial charge in [0.1, 0.15) is 23.6 Å². The first-order chi connectivity index (χ1) is 14.6. The maximum absolute atomic E-state index is 14.0. The molecule has 0 aliphatic carbocycles. The highest BCUT2D eigenvalue weighted by molar-refractivity contribution is 9.10. The maximum atomic E-state index is 14.0. The van der Waals surface area contributed by atoms with Gasteiger partial charge in [0, 0.05) is 16.7 Å². The van der Waals surface area contributed by atoms with Crippen molar-refractivity contribution >= 4 is 15.9 Å². The first-order valence-corrected chi connectivity index (χ1v) is 9.58. The number of aromatic nitrogens is 6. The number of benzene rings is 1. The van der Waals surface area contributed by atoms with Gasteiger partial charge >= 0.3 is 0 Å². The van der Waals surface area contributed by atoms with Crippen molar-refractivity contribution in [3.8, 4) is 34.2 Å². The summed E-state index contributed by atoms with van der Waals surface area (Å²) in [5.41, 5.74) is 2.27. The fraction of sp³-hybridized carbons (Fsp3) is 0.0500. The quantitative estimate of drug-likeness (QED) is 0.383. The molecule has 3 aromatic rings. The Hall–Kier alpha value is -3.53. The lowest BCUT2D eigenvalue weighted by Crippen LogP contribution is -2.04. The number of fused-ring (bicyclic) bond motifs is 1. The summed E-state index contributed by atoms with van der Waals surface area (Å²) in [5, 5.41) is 8.32. The topological polar surface area (TPSA) is 82.5 Å². The average molecular weight is 469 g/mol. The third-order valence-electron chi connectivity index (χ3n) is 4.37. The predicted octanol–water partition coefficient (Wildman–Crippen LogP) is 4.58. The van der Waals surface area contributed by atoms with Crippen molar-refractivity contribution in [3.63, 3.8) is 0 Å². The summed E-state index contributed by atoms with van der Waals surface area (Å²) < 4.78 is 35.4. The van der Waals surface area contributed by atoms with Crippen molar-refractivity contribution in [3.05, 3.63) is 76.9 Å². The van der Waals surface area contributed by atoms with Crippen molar-refractivity contribution in [2.75, 3.05) is 0 Å². The van der Waals surface area contributed by atoms with E-state index in [1.165, 1.54) is 18.3 Å². The Bertz CT molecular complexity index is 1320. The number of imidazole rings is 1. The Morgan fingerprint density at radius 1 is 0.967 bits per heavy atom. The Labute approximate surface area is 176 Å². The van der Waals surface area contributed by atoms with E-state index in [0.717, 1.165) is 10.5 Å². The lowest BCUT2D eigenvalue weighted by atomic mass is 10.2. The summed E-state index contributed by atoms with van der Waals surface area (Å²) in [6.45, 7) is 0.302. The first kappa shape index (κ1) is 18.5. The Morgan fingerprint density at radius 3 is 2.67 bits per heavy atom. The number of rotatable bonds is 4. The van der Waals surface area contributed by atoms with Crippen LogP contribution in [0.15, 0.2) is 64.0 Å². The zero-order chi connectivity index (χ0) is 20.7. The van der Waals surface area contributed by atoms with Gasteiger partial charge in [-0.3, -0.25) is 9.67 Å². The van der Waals surface area contributed by atoms with Crippen molar-refractivity contribution in [1.29, 1.82) is 0 Å². The molecule has 0 bridgehead atoms. The van der Waals surface area contributed by atoms with Gasteiger partial charge in [0.25, 0.3) is 0 Å². The molecule has 30 heavy (non-hydrogen) atoms. The number of nitrogens with zero attached hydrogens (tertiary/aromatic N) is 6. The van der Waals surface area contributed by atoms with E-state index < -0.39 is 11.6 Å². The third kappa shape index (κ3) is 3.45. The SMILES string of the molecule is Fc1cccc(-c2nc3cnn(Cc4cc(-c5ccc(Br)cn5)no4)cc-3n2)c1F. The second kappa shape index (κ2) is 7.38. The van der Waals surface area contributed by atoms with Crippen LogP contribution in [0.2, 0.25) is 0 Å². The number of hydrogen-bond donors (Lipinski definition) is 0. The largest absolute Gasteiger partial charge is 0.359 e. The first-order valence-electron chi connectivity index (χ1n) is 8.79. The Balaban J connectivity index is 1.42. The Kier molecular flexibility index (Phi) is 4.55.